The highest BCUT2D eigenvalue weighted by Crippen LogP contribution is 2.29. The zero-order valence-corrected chi connectivity index (χ0v) is 9.19. The molecule has 0 aliphatic rings. The van der Waals surface area contributed by atoms with Gasteiger partial charge in [0.2, 0.25) is 0 Å². The predicted octanol–water partition coefficient (Wildman–Crippen LogP) is 3.51. The maximum atomic E-state index is 6.06. The molecule has 0 radical (unpaired) electrons. The Kier molecular flexibility index (Phi) is 2.70. The lowest BCUT2D eigenvalue weighted by Crippen LogP contribution is -1.86. The first kappa shape index (κ1) is 9.49. The van der Waals surface area contributed by atoms with Crippen molar-refractivity contribution in [2.75, 3.05) is 12.4 Å². The first-order valence-corrected chi connectivity index (χ1v) is 5.45. The number of nitrogens with zero attached hydrogens (tertiary/aromatic N) is 1. The molecule has 0 bridgehead atoms. The van der Waals surface area contributed by atoms with Gasteiger partial charge in [0.25, 0.3) is 0 Å². The van der Waals surface area contributed by atoms with Crippen LogP contribution in [-0.2, 0) is 0 Å². The van der Waals surface area contributed by atoms with Gasteiger partial charge in [-0.3, -0.25) is 0 Å². The van der Waals surface area contributed by atoms with E-state index in [2.05, 4.69) is 10.3 Å². The van der Waals surface area contributed by atoms with E-state index in [1.807, 2.05) is 36.7 Å². The Morgan fingerprint density at radius 2 is 2.14 bits per heavy atom. The third kappa shape index (κ3) is 1.74. The molecule has 14 heavy (non-hydrogen) atoms. The van der Waals surface area contributed by atoms with Gasteiger partial charge in [-0.2, -0.15) is 0 Å². The van der Waals surface area contributed by atoms with Gasteiger partial charge in [-0.25, -0.2) is 4.98 Å². The van der Waals surface area contributed by atoms with Crippen molar-refractivity contribution in [3.05, 3.63) is 34.7 Å². The molecule has 2 rings (SSSR count). The van der Waals surface area contributed by atoms with Gasteiger partial charge in [0, 0.05) is 23.0 Å². The highest BCUT2D eigenvalue weighted by Gasteiger charge is 2.06. The quantitative estimate of drug-likeness (QED) is 0.845. The van der Waals surface area contributed by atoms with Gasteiger partial charge in [0.1, 0.15) is 0 Å². The van der Waals surface area contributed by atoms with Gasteiger partial charge in [-0.1, -0.05) is 29.8 Å². The standard InChI is InChI=1S/C10H9ClN2S/c1-12-10-13-9(6-14-10)7-4-2-3-5-8(7)11/h2-6H,1H3,(H,12,13). The summed E-state index contributed by atoms with van der Waals surface area (Å²) < 4.78 is 0. The molecule has 2 nitrogen and oxygen atoms in total. The molecule has 1 aromatic heterocycles. The van der Waals surface area contributed by atoms with Crippen LogP contribution in [0, 0.1) is 0 Å². The third-order valence-corrected chi connectivity index (χ3v) is 3.06. The smallest absolute Gasteiger partial charge is 0.182 e. The summed E-state index contributed by atoms with van der Waals surface area (Å²) in [5.41, 5.74) is 1.90. The Balaban J connectivity index is 2.44. The van der Waals surface area contributed by atoms with Crippen LogP contribution in [0.15, 0.2) is 29.6 Å². The van der Waals surface area contributed by atoms with Gasteiger partial charge in [-0.15, -0.1) is 11.3 Å². The van der Waals surface area contributed by atoms with E-state index in [9.17, 15) is 0 Å². The number of nitrogens with one attached hydrogen (secondary N) is 1. The average molecular weight is 225 g/mol. The Morgan fingerprint density at radius 3 is 2.79 bits per heavy atom. The van der Waals surface area contributed by atoms with Crippen LogP contribution < -0.4 is 5.32 Å². The zero-order chi connectivity index (χ0) is 9.97. The predicted molar refractivity (Wildman–Crippen MR) is 62.1 cm³/mol. The monoisotopic (exact) mass is 224 g/mol. The molecule has 0 fully saturated rings. The molecule has 0 aliphatic heterocycles. The Morgan fingerprint density at radius 1 is 1.36 bits per heavy atom. The van der Waals surface area contributed by atoms with E-state index >= 15 is 0 Å². The molecule has 1 N–H and O–H groups in total. The summed E-state index contributed by atoms with van der Waals surface area (Å²) in [6.07, 6.45) is 0. The summed E-state index contributed by atoms with van der Waals surface area (Å²) in [4.78, 5) is 4.38. The van der Waals surface area contributed by atoms with Gasteiger partial charge in [-0.05, 0) is 6.07 Å². The number of aromatic nitrogens is 1. The lowest BCUT2D eigenvalue weighted by Gasteiger charge is -1.98. The van der Waals surface area contributed by atoms with E-state index in [1.54, 1.807) is 11.3 Å². The second-order valence-corrected chi connectivity index (χ2v) is 4.03. The maximum Gasteiger partial charge on any atom is 0.182 e. The van der Waals surface area contributed by atoms with Crippen LogP contribution in [0.1, 0.15) is 0 Å². The topological polar surface area (TPSA) is 24.9 Å². The molecule has 1 aromatic carbocycles. The Hall–Kier alpha value is -1.06. The normalized spacial score (nSPS) is 10.1. The molecule has 0 spiro atoms. The first-order chi connectivity index (χ1) is 6.81. The molecule has 72 valence electrons. The van der Waals surface area contributed by atoms with Crippen molar-refractivity contribution in [3.8, 4) is 11.3 Å². The van der Waals surface area contributed by atoms with Crippen LogP contribution in [0.2, 0.25) is 5.02 Å². The molecule has 0 unspecified atom stereocenters. The van der Waals surface area contributed by atoms with Crippen LogP contribution >= 0.6 is 22.9 Å². The molecule has 1 heterocycles. The highest BCUT2D eigenvalue weighted by molar-refractivity contribution is 7.14. The summed E-state index contributed by atoms with van der Waals surface area (Å²) in [6.45, 7) is 0. The van der Waals surface area contributed by atoms with E-state index in [0.29, 0.717) is 0 Å². The zero-order valence-electron chi connectivity index (χ0n) is 7.62. The van der Waals surface area contributed by atoms with E-state index in [4.69, 9.17) is 11.6 Å². The molecule has 4 heteroatoms. The number of hydrogen-bond donors (Lipinski definition) is 1. The minimum atomic E-state index is 0.737. The van der Waals surface area contributed by atoms with E-state index in [-0.39, 0.29) is 0 Å². The van der Waals surface area contributed by atoms with Crippen molar-refractivity contribution in [2.24, 2.45) is 0 Å². The number of hydrogen-bond acceptors (Lipinski definition) is 3. The second-order valence-electron chi connectivity index (χ2n) is 2.77. The lowest BCUT2D eigenvalue weighted by molar-refractivity contribution is 1.36. The largest absolute Gasteiger partial charge is 0.365 e. The minimum Gasteiger partial charge on any atom is -0.365 e. The number of anilines is 1. The summed E-state index contributed by atoms with van der Waals surface area (Å²) in [6, 6.07) is 7.71. The van der Waals surface area contributed by atoms with Gasteiger partial charge in [0.05, 0.1) is 5.69 Å². The third-order valence-electron chi connectivity index (χ3n) is 1.87. The summed E-state index contributed by atoms with van der Waals surface area (Å²) >= 11 is 7.63. The maximum absolute atomic E-state index is 6.06. The number of thiazole rings is 1. The van der Waals surface area contributed by atoms with Gasteiger partial charge < -0.3 is 5.32 Å². The lowest BCUT2D eigenvalue weighted by atomic mass is 10.2. The first-order valence-electron chi connectivity index (χ1n) is 4.19. The highest BCUT2D eigenvalue weighted by atomic mass is 35.5. The van der Waals surface area contributed by atoms with Crippen molar-refractivity contribution in [1.82, 2.24) is 4.98 Å². The fraction of sp³-hybridized carbons (Fsp3) is 0.100. The van der Waals surface area contributed by atoms with Crippen molar-refractivity contribution in [2.45, 2.75) is 0 Å². The van der Waals surface area contributed by atoms with Crippen molar-refractivity contribution in [1.29, 1.82) is 0 Å². The summed E-state index contributed by atoms with van der Waals surface area (Å²) in [5.74, 6) is 0. The Bertz CT molecular complexity index is 439. The summed E-state index contributed by atoms with van der Waals surface area (Å²) in [7, 11) is 1.86. The molecular formula is C10H9ClN2S. The van der Waals surface area contributed by atoms with Crippen LogP contribution in [0.4, 0.5) is 5.13 Å². The molecule has 0 saturated heterocycles. The van der Waals surface area contributed by atoms with E-state index < -0.39 is 0 Å². The second kappa shape index (κ2) is 3.98. The fourth-order valence-electron chi connectivity index (χ4n) is 1.18. The number of benzene rings is 1. The SMILES string of the molecule is CNc1nc(-c2ccccc2Cl)cs1. The molecule has 2 aromatic rings. The van der Waals surface area contributed by atoms with E-state index in [1.165, 1.54) is 0 Å². The fourth-order valence-corrected chi connectivity index (χ4v) is 2.09. The molecule has 0 saturated carbocycles. The van der Waals surface area contributed by atoms with Crippen molar-refractivity contribution in [3.63, 3.8) is 0 Å². The van der Waals surface area contributed by atoms with Crippen LogP contribution in [0.25, 0.3) is 11.3 Å². The van der Waals surface area contributed by atoms with Crippen LogP contribution in [0.5, 0.6) is 0 Å². The molecular weight excluding hydrogens is 216 g/mol. The molecule has 0 amide bonds. The van der Waals surface area contributed by atoms with Gasteiger partial charge in [0.15, 0.2) is 5.13 Å². The Labute approximate surface area is 91.6 Å². The van der Waals surface area contributed by atoms with Crippen molar-refractivity contribution < 1.29 is 0 Å². The van der Waals surface area contributed by atoms with Crippen molar-refractivity contribution >= 4 is 28.1 Å². The van der Waals surface area contributed by atoms with E-state index in [0.717, 1.165) is 21.4 Å². The molecule has 0 aliphatic carbocycles. The van der Waals surface area contributed by atoms with Gasteiger partial charge >= 0.3 is 0 Å². The minimum absolute atomic E-state index is 0.737. The number of halogens is 1. The summed E-state index contributed by atoms with van der Waals surface area (Å²) in [5, 5.41) is 6.63. The van der Waals surface area contributed by atoms with Crippen LogP contribution in [-0.4, -0.2) is 12.0 Å². The number of rotatable bonds is 2. The average Bonchev–Trinajstić information content (AvgIpc) is 2.67. The molecule has 0 atom stereocenters. The van der Waals surface area contributed by atoms with Crippen LogP contribution in [0.3, 0.4) is 0 Å².